The highest BCUT2D eigenvalue weighted by Gasteiger charge is 2.32. The van der Waals surface area contributed by atoms with Gasteiger partial charge in [-0.2, -0.15) is 0 Å². The van der Waals surface area contributed by atoms with Gasteiger partial charge in [0.25, 0.3) is 0 Å². The predicted octanol–water partition coefficient (Wildman–Crippen LogP) is 3.94. The van der Waals surface area contributed by atoms with Gasteiger partial charge in [0, 0.05) is 18.4 Å². The number of aromatic nitrogens is 2. The lowest BCUT2D eigenvalue weighted by Crippen LogP contribution is -2.39. The number of nitrogens with two attached hydrogens (primary N) is 1. The Bertz CT molecular complexity index is 508. The lowest BCUT2D eigenvalue weighted by molar-refractivity contribution is 0.203. The molecule has 0 spiro atoms. The van der Waals surface area contributed by atoms with Crippen molar-refractivity contribution in [3.05, 3.63) is 29.9 Å². The van der Waals surface area contributed by atoms with Crippen LogP contribution in [0.2, 0.25) is 0 Å². The molecule has 19 heavy (non-hydrogen) atoms. The molecule has 0 bridgehead atoms. The third-order valence-corrected chi connectivity index (χ3v) is 4.34. The van der Waals surface area contributed by atoms with E-state index in [4.69, 9.17) is 5.73 Å². The molecule has 4 heteroatoms. The van der Waals surface area contributed by atoms with Crippen LogP contribution in [0.15, 0.2) is 29.9 Å². The minimum absolute atomic E-state index is 0.0993. The zero-order chi connectivity index (χ0) is 14.0. The smallest absolute Gasteiger partial charge is 0.150 e. The molecule has 0 fully saturated rings. The highest BCUT2D eigenvalue weighted by atomic mass is 32.1. The maximum Gasteiger partial charge on any atom is 0.150 e. The third-order valence-electron chi connectivity index (χ3n) is 3.47. The van der Waals surface area contributed by atoms with Crippen LogP contribution < -0.4 is 5.73 Å². The van der Waals surface area contributed by atoms with E-state index in [9.17, 15) is 0 Å². The molecule has 0 aliphatic heterocycles. The fraction of sp³-hybridized carbons (Fsp3) is 0.533. The molecule has 0 saturated heterocycles. The SMILES string of the molecule is CCC(N)C(n1ccnc1-c1cccs1)C(C)(C)C. The second-order valence-electron chi connectivity index (χ2n) is 6.02. The van der Waals surface area contributed by atoms with Crippen molar-refractivity contribution in [2.75, 3.05) is 0 Å². The molecule has 2 aromatic heterocycles. The van der Waals surface area contributed by atoms with Gasteiger partial charge < -0.3 is 10.3 Å². The van der Waals surface area contributed by atoms with Crippen molar-refractivity contribution in [1.29, 1.82) is 0 Å². The van der Waals surface area contributed by atoms with Crippen LogP contribution in [0.1, 0.15) is 40.2 Å². The molecule has 0 aliphatic carbocycles. The summed E-state index contributed by atoms with van der Waals surface area (Å²) in [5.41, 5.74) is 6.47. The standard InChI is InChI=1S/C15H23N3S/c1-5-11(16)13(15(2,3)4)18-9-8-17-14(18)12-7-6-10-19-12/h6-11,13H,5,16H2,1-4H3. The van der Waals surface area contributed by atoms with Crippen LogP contribution in [0.25, 0.3) is 10.7 Å². The topological polar surface area (TPSA) is 43.8 Å². The molecule has 2 N–H and O–H groups in total. The molecule has 0 aromatic carbocycles. The van der Waals surface area contributed by atoms with Gasteiger partial charge in [0.1, 0.15) is 5.82 Å². The Morgan fingerprint density at radius 3 is 2.68 bits per heavy atom. The number of hydrogen-bond donors (Lipinski definition) is 1. The summed E-state index contributed by atoms with van der Waals surface area (Å²) >= 11 is 1.72. The van der Waals surface area contributed by atoms with Gasteiger partial charge in [-0.15, -0.1) is 11.3 Å². The number of hydrogen-bond acceptors (Lipinski definition) is 3. The first-order valence-electron chi connectivity index (χ1n) is 6.77. The van der Waals surface area contributed by atoms with Crippen LogP contribution in [0.5, 0.6) is 0 Å². The van der Waals surface area contributed by atoms with Crippen molar-refractivity contribution in [2.45, 2.75) is 46.2 Å². The molecule has 0 saturated carbocycles. The van der Waals surface area contributed by atoms with E-state index in [2.05, 4.69) is 61.0 Å². The normalized spacial score (nSPS) is 15.4. The predicted molar refractivity (Wildman–Crippen MR) is 82.3 cm³/mol. The van der Waals surface area contributed by atoms with E-state index in [0.717, 1.165) is 12.2 Å². The van der Waals surface area contributed by atoms with Gasteiger partial charge in [0.2, 0.25) is 0 Å². The van der Waals surface area contributed by atoms with E-state index in [0.29, 0.717) is 0 Å². The molecular formula is C15H23N3S. The molecule has 2 unspecified atom stereocenters. The van der Waals surface area contributed by atoms with E-state index in [1.165, 1.54) is 4.88 Å². The number of thiophene rings is 1. The van der Waals surface area contributed by atoms with Crippen molar-refractivity contribution < 1.29 is 0 Å². The van der Waals surface area contributed by atoms with Crippen molar-refractivity contribution >= 4 is 11.3 Å². The second kappa shape index (κ2) is 5.47. The van der Waals surface area contributed by atoms with E-state index in [1.54, 1.807) is 11.3 Å². The Labute approximate surface area is 119 Å². The lowest BCUT2D eigenvalue weighted by Gasteiger charge is -2.36. The average molecular weight is 277 g/mol. The summed E-state index contributed by atoms with van der Waals surface area (Å²) in [6.07, 6.45) is 4.89. The number of rotatable bonds is 4. The fourth-order valence-electron chi connectivity index (χ4n) is 2.62. The van der Waals surface area contributed by atoms with Crippen molar-refractivity contribution in [2.24, 2.45) is 11.1 Å². The molecular weight excluding hydrogens is 254 g/mol. The molecule has 0 radical (unpaired) electrons. The van der Waals surface area contributed by atoms with E-state index >= 15 is 0 Å². The first-order chi connectivity index (χ1) is 8.95. The van der Waals surface area contributed by atoms with Gasteiger partial charge in [-0.3, -0.25) is 0 Å². The Kier molecular flexibility index (Phi) is 4.11. The van der Waals surface area contributed by atoms with Gasteiger partial charge in [-0.1, -0.05) is 33.8 Å². The van der Waals surface area contributed by atoms with Crippen molar-refractivity contribution in [3.8, 4) is 10.7 Å². The summed E-state index contributed by atoms with van der Waals surface area (Å²) in [5.74, 6) is 1.03. The fourth-order valence-corrected chi connectivity index (χ4v) is 3.35. The zero-order valence-corrected chi connectivity index (χ0v) is 12.9. The first kappa shape index (κ1) is 14.3. The van der Waals surface area contributed by atoms with Gasteiger partial charge in [-0.25, -0.2) is 4.98 Å². The van der Waals surface area contributed by atoms with E-state index in [1.807, 2.05) is 6.20 Å². The Balaban J connectivity index is 2.47. The van der Waals surface area contributed by atoms with Crippen LogP contribution >= 0.6 is 11.3 Å². The van der Waals surface area contributed by atoms with Crippen LogP contribution in [0.3, 0.4) is 0 Å². The highest BCUT2D eigenvalue weighted by molar-refractivity contribution is 7.13. The van der Waals surface area contributed by atoms with Crippen LogP contribution in [-0.4, -0.2) is 15.6 Å². The molecule has 3 nitrogen and oxygen atoms in total. The van der Waals surface area contributed by atoms with Crippen LogP contribution in [0.4, 0.5) is 0 Å². The molecule has 0 amide bonds. The van der Waals surface area contributed by atoms with E-state index in [-0.39, 0.29) is 17.5 Å². The van der Waals surface area contributed by atoms with Crippen molar-refractivity contribution in [3.63, 3.8) is 0 Å². The summed E-state index contributed by atoms with van der Waals surface area (Å²) in [5, 5.41) is 2.08. The van der Waals surface area contributed by atoms with Crippen molar-refractivity contribution in [1.82, 2.24) is 9.55 Å². The molecule has 0 aliphatic rings. The molecule has 104 valence electrons. The second-order valence-corrected chi connectivity index (χ2v) is 6.97. The van der Waals surface area contributed by atoms with Gasteiger partial charge in [-0.05, 0) is 23.3 Å². The Morgan fingerprint density at radius 2 is 2.16 bits per heavy atom. The molecule has 2 rings (SSSR count). The summed E-state index contributed by atoms with van der Waals surface area (Å²) in [7, 11) is 0. The Morgan fingerprint density at radius 1 is 1.42 bits per heavy atom. The summed E-state index contributed by atoms with van der Waals surface area (Å²) in [4.78, 5) is 5.72. The van der Waals surface area contributed by atoms with E-state index < -0.39 is 0 Å². The quantitative estimate of drug-likeness (QED) is 0.920. The molecule has 2 atom stereocenters. The first-order valence-corrected chi connectivity index (χ1v) is 7.65. The number of imidazole rings is 1. The molecule has 2 aromatic rings. The summed E-state index contributed by atoms with van der Waals surface area (Å²) in [6, 6.07) is 4.55. The summed E-state index contributed by atoms with van der Waals surface area (Å²) < 4.78 is 2.25. The average Bonchev–Trinajstić information content (AvgIpc) is 2.96. The zero-order valence-electron chi connectivity index (χ0n) is 12.1. The third kappa shape index (κ3) is 2.90. The maximum atomic E-state index is 6.37. The van der Waals surface area contributed by atoms with Crippen LogP contribution in [0, 0.1) is 5.41 Å². The van der Waals surface area contributed by atoms with Gasteiger partial charge in [0.05, 0.1) is 10.9 Å². The molecule has 2 heterocycles. The van der Waals surface area contributed by atoms with Gasteiger partial charge in [0.15, 0.2) is 0 Å². The summed E-state index contributed by atoms with van der Waals surface area (Å²) in [6.45, 7) is 8.87. The number of nitrogens with zero attached hydrogens (tertiary/aromatic N) is 2. The minimum Gasteiger partial charge on any atom is -0.326 e. The largest absolute Gasteiger partial charge is 0.326 e. The Hall–Kier alpha value is -1.13. The van der Waals surface area contributed by atoms with Gasteiger partial charge >= 0.3 is 0 Å². The van der Waals surface area contributed by atoms with Crippen LogP contribution in [-0.2, 0) is 0 Å². The monoisotopic (exact) mass is 277 g/mol. The minimum atomic E-state index is 0.0993. The highest BCUT2D eigenvalue weighted by Crippen LogP contribution is 2.37. The maximum absolute atomic E-state index is 6.37. The lowest BCUT2D eigenvalue weighted by atomic mass is 9.81.